The molecule has 0 bridgehead atoms. The van der Waals surface area contributed by atoms with Gasteiger partial charge in [0.2, 0.25) is 0 Å². The Hall–Kier alpha value is -1.13. The van der Waals surface area contributed by atoms with Crippen LogP contribution in [0.3, 0.4) is 0 Å². The fraction of sp³-hybridized carbons (Fsp3) is 0.571. The molecule has 2 fully saturated rings. The minimum Gasteiger partial charge on any atom is -0.367 e. The summed E-state index contributed by atoms with van der Waals surface area (Å²) < 4.78 is 13.7. The van der Waals surface area contributed by atoms with Gasteiger partial charge in [0.05, 0.1) is 5.69 Å². The molecule has 0 unspecified atom stereocenters. The van der Waals surface area contributed by atoms with Gasteiger partial charge in [0, 0.05) is 38.3 Å². The Morgan fingerprint density at radius 3 is 2.39 bits per heavy atom. The Morgan fingerprint density at radius 1 is 1.11 bits per heavy atom. The van der Waals surface area contributed by atoms with Crippen LogP contribution in [-0.2, 0) is 0 Å². The molecule has 3 nitrogen and oxygen atoms in total. The van der Waals surface area contributed by atoms with Gasteiger partial charge in [-0.1, -0.05) is 12.1 Å². The van der Waals surface area contributed by atoms with Crippen LogP contribution in [0.2, 0.25) is 0 Å². The molecule has 4 heteroatoms. The van der Waals surface area contributed by atoms with E-state index in [2.05, 4.69) is 9.80 Å². The van der Waals surface area contributed by atoms with E-state index in [4.69, 9.17) is 5.73 Å². The van der Waals surface area contributed by atoms with E-state index in [1.165, 1.54) is 6.07 Å². The zero-order valence-electron chi connectivity index (χ0n) is 10.6. The predicted molar refractivity (Wildman–Crippen MR) is 71.2 cm³/mol. The van der Waals surface area contributed by atoms with Crippen LogP contribution in [0, 0.1) is 5.82 Å². The van der Waals surface area contributed by atoms with E-state index in [0.29, 0.717) is 0 Å². The number of para-hydroxylation sites is 1. The number of piperazine rings is 1. The third-order valence-corrected chi connectivity index (χ3v) is 4.00. The highest BCUT2D eigenvalue weighted by molar-refractivity contribution is 5.48. The molecule has 1 saturated carbocycles. The highest BCUT2D eigenvalue weighted by Crippen LogP contribution is 2.33. The molecule has 2 aliphatic rings. The lowest BCUT2D eigenvalue weighted by Crippen LogP contribution is -2.50. The van der Waals surface area contributed by atoms with Crippen LogP contribution in [0.15, 0.2) is 24.3 Å². The quantitative estimate of drug-likeness (QED) is 0.880. The lowest BCUT2D eigenvalue weighted by molar-refractivity contribution is 0.236. The smallest absolute Gasteiger partial charge is 0.146 e. The molecular formula is C14H20FN3. The molecule has 3 rings (SSSR count). The SMILES string of the molecule is NC1(CN2CCN(c3ccccc3F)CC2)CC1. The molecule has 0 atom stereocenters. The molecule has 18 heavy (non-hydrogen) atoms. The van der Waals surface area contributed by atoms with Crippen molar-refractivity contribution in [2.75, 3.05) is 37.6 Å². The standard InChI is InChI=1S/C14H20FN3/c15-12-3-1-2-4-13(12)18-9-7-17(8-10-18)11-14(16)5-6-14/h1-4H,5-11,16H2. The number of hydrogen-bond acceptors (Lipinski definition) is 3. The lowest BCUT2D eigenvalue weighted by Gasteiger charge is -2.37. The van der Waals surface area contributed by atoms with Crippen molar-refractivity contribution < 1.29 is 4.39 Å². The van der Waals surface area contributed by atoms with Crippen molar-refractivity contribution in [3.8, 4) is 0 Å². The van der Waals surface area contributed by atoms with Gasteiger partial charge in [-0.25, -0.2) is 4.39 Å². The molecule has 1 aliphatic heterocycles. The van der Waals surface area contributed by atoms with E-state index >= 15 is 0 Å². The largest absolute Gasteiger partial charge is 0.367 e. The van der Waals surface area contributed by atoms with Crippen LogP contribution in [0.5, 0.6) is 0 Å². The topological polar surface area (TPSA) is 32.5 Å². The number of halogens is 1. The van der Waals surface area contributed by atoms with Gasteiger partial charge >= 0.3 is 0 Å². The Labute approximate surface area is 107 Å². The van der Waals surface area contributed by atoms with Crippen LogP contribution in [0.1, 0.15) is 12.8 Å². The number of nitrogens with zero attached hydrogens (tertiary/aromatic N) is 2. The van der Waals surface area contributed by atoms with Crippen molar-refractivity contribution in [3.05, 3.63) is 30.1 Å². The number of benzene rings is 1. The number of hydrogen-bond donors (Lipinski definition) is 1. The first-order chi connectivity index (χ1) is 8.66. The Bertz CT molecular complexity index is 423. The Kier molecular flexibility index (Phi) is 2.99. The van der Waals surface area contributed by atoms with Gasteiger partial charge in [-0.2, -0.15) is 0 Å². The van der Waals surface area contributed by atoms with E-state index in [1.807, 2.05) is 12.1 Å². The molecule has 0 aromatic heterocycles. The fourth-order valence-corrected chi connectivity index (χ4v) is 2.62. The Balaban J connectivity index is 1.58. The minimum absolute atomic E-state index is 0.0835. The molecule has 98 valence electrons. The first kappa shape index (κ1) is 11.9. The molecule has 1 heterocycles. The third kappa shape index (κ3) is 2.49. The van der Waals surface area contributed by atoms with E-state index in [1.54, 1.807) is 6.07 Å². The average Bonchev–Trinajstić information content (AvgIpc) is 3.09. The summed E-state index contributed by atoms with van der Waals surface area (Å²) in [7, 11) is 0. The van der Waals surface area contributed by atoms with E-state index in [-0.39, 0.29) is 11.4 Å². The molecule has 0 spiro atoms. The van der Waals surface area contributed by atoms with Crippen LogP contribution in [-0.4, -0.2) is 43.2 Å². The second kappa shape index (κ2) is 4.52. The fourth-order valence-electron chi connectivity index (χ4n) is 2.62. The summed E-state index contributed by atoms with van der Waals surface area (Å²) in [4.78, 5) is 4.53. The lowest BCUT2D eigenvalue weighted by atomic mass is 10.2. The number of anilines is 1. The summed E-state index contributed by atoms with van der Waals surface area (Å²) in [5, 5.41) is 0. The van der Waals surface area contributed by atoms with Gasteiger partial charge in [-0.15, -0.1) is 0 Å². The summed E-state index contributed by atoms with van der Waals surface area (Å²) in [6, 6.07) is 7.02. The maximum Gasteiger partial charge on any atom is 0.146 e. The Morgan fingerprint density at radius 2 is 1.78 bits per heavy atom. The first-order valence-corrected chi connectivity index (χ1v) is 6.67. The molecule has 0 radical (unpaired) electrons. The first-order valence-electron chi connectivity index (χ1n) is 6.67. The number of nitrogens with two attached hydrogens (primary N) is 1. The van der Waals surface area contributed by atoms with Crippen LogP contribution in [0.4, 0.5) is 10.1 Å². The second-order valence-corrected chi connectivity index (χ2v) is 5.58. The molecular weight excluding hydrogens is 229 g/mol. The second-order valence-electron chi connectivity index (χ2n) is 5.58. The van der Waals surface area contributed by atoms with Crippen molar-refractivity contribution in [1.29, 1.82) is 0 Å². The molecule has 1 saturated heterocycles. The van der Waals surface area contributed by atoms with Crippen molar-refractivity contribution in [3.63, 3.8) is 0 Å². The monoisotopic (exact) mass is 249 g/mol. The zero-order chi connectivity index (χ0) is 12.6. The third-order valence-electron chi connectivity index (χ3n) is 4.00. The normalized spacial score (nSPS) is 23.1. The predicted octanol–water partition coefficient (Wildman–Crippen LogP) is 1.44. The van der Waals surface area contributed by atoms with Crippen LogP contribution in [0.25, 0.3) is 0 Å². The highest BCUT2D eigenvalue weighted by atomic mass is 19.1. The summed E-state index contributed by atoms with van der Waals surface area (Å²) in [6.07, 6.45) is 2.31. The van der Waals surface area contributed by atoms with Crippen molar-refractivity contribution in [2.45, 2.75) is 18.4 Å². The molecule has 1 aliphatic carbocycles. The summed E-state index contributed by atoms with van der Waals surface area (Å²) >= 11 is 0. The van der Waals surface area contributed by atoms with Crippen LogP contribution >= 0.6 is 0 Å². The molecule has 2 N–H and O–H groups in total. The van der Waals surface area contributed by atoms with Gasteiger partial charge in [0.1, 0.15) is 5.82 Å². The maximum absolute atomic E-state index is 13.7. The summed E-state index contributed by atoms with van der Waals surface area (Å²) in [6.45, 7) is 4.73. The van der Waals surface area contributed by atoms with E-state index in [9.17, 15) is 4.39 Å². The number of rotatable bonds is 3. The van der Waals surface area contributed by atoms with Gasteiger partial charge < -0.3 is 10.6 Å². The van der Waals surface area contributed by atoms with Crippen molar-refractivity contribution in [2.24, 2.45) is 5.73 Å². The van der Waals surface area contributed by atoms with Gasteiger partial charge in [-0.05, 0) is 25.0 Å². The molecule has 1 aromatic rings. The van der Waals surface area contributed by atoms with Gasteiger partial charge in [0.25, 0.3) is 0 Å². The van der Waals surface area contributed by atoms with Crippen molar-refractivity contribution in [1.82, 2.24) is 4.90 Å². The maximum atomic E-state index is 13.7. The molecule has 0 amide bonds. The summed E-state index contributed by atoms with van der Waals surface area (Å²) in [5.41, 5.74) is 6.94. The molecule has 1 aromatic carbocycles. The minimum atomic E-state index is -0.122. The van der Waals surface area contributed by atoms with E-state index in [0.717, 1.165) is 51.3 Å². The van der Waals surface area contributed by atoms with Crippen molar-refractivity contribution >= 4 is 5.69 Å². The zero-order valence-corrected chi connectivity index (χ0v) is 10.6. The van der Waals surface area contributed by atoms with E-state index < -0.39 is 0 Å². The average molecular weight is 249 g/mol. The summed E-state index contributed by atoms with van der Waals surface area (Å²) in [5.74, 6) is -0.122. The van der Waals surface area contributed by atoms with Gasteiger partial charge in [-0.3, -0.25) is 4.90 Å². The van der Waals surface area contributed by atoms with Gasteiger partial charge in [0.15, 0.2) is 0 Å². The highest BCUT2D eigenvalue weighted by Gasteiger charge is 2.40. The van der Waals surface area contributed by atoms with Crippen LogP contribution < -0.4 is 10.6 Å².